The van der Waals surface area contributed by atoms with Gasteiger partial charge in [0.15, 0.2) is 0 Å². The second-order valence-electron chi connectivity index (χ2n) is 8.07. The number of thioether (sulfide) groups is 1. The molecular weight excluding hydrogens is 424 g/mol. The highest BCUT2D eigenvalue weighted by molar-refractivity contribution is 7.98. The third kappa shape index (κ3) is 6.67. The number of para-hydroxylation sites is 2. The lowest BCUT2D eigenvalue weighted by Crippen LogP contribution is -2.33. The van der Waals surface area contributed by atoms with Crippen molar-refractivity contribution in [2.75, 3.05) is 31.8 Å². The zero-order valence-electron chi connectivity index (χ0n) is 19.2. The molecule has 9 heteroatoms. The van der Waals surface area contributed by atoms with Gasteiger partial charge in [-0.2, -0.15) is 4.98 Å². The number of carbonyl (C=O) groups is 1. The molecule has 1 atom stereocenters. The quantitative estimate of drug-likeness (QED) is 0.242. The molecule has 3 rings (SSSR count). The Bertz CT molecular complexity index is 1020. The van der Waals surface area contributed by atoms with E-state index in [-0.39, 0.29) is 11.9 Å². The predicted molar refractivity (Wildman–Crippen MR) is 129 cm³/mol. The average Bonchev–Trinajstić information content (AvgIpc) is 3.20. The number of methoxy groups -OCH3 is 1. The lowest BCUT2D eigenvalue weighted by atomic mass is 10.0. The Morgan fingerprint density at radius 2 is 2.06 bits per heavy atom. The number of nitrogens with zero attached hydrogens (tertiary/aromatic N) is 4. The van der Waals surface area contributed by atoms with E-state index in [1.54, 1.807) is 25.2 Å². The van der Waals surface area contributed by atoms with Crippen molar-refractivity contribution >= 4 is 34.5 Å². The fourth-order valence-electron chi connectivity index (χ4n) is 3.53. The Balaban J connectivity index is 1.79. The molecule has 172 valence electrons. The number of aromatic nitrogens is 4. The van der Waals surface area contributed by atoms with Crippen molar-refractivity contribution < 1.29 is 9.53 Å². The summed E-state index contributed by atoms with van der Waals surface area (Å²) in [6.07, 6.45) is 5.77. The number of nitrogens with one attached hydrogen (secondary N) is 2. The van der Waals surface area contributed by atoms with Crippen molar-refractivity contribution in [1.29, 1.82) is 0 Å². The monoisotopic (exact) mass is 456 g/mol. The van der Waals surface area contributed by atoms with E-state index in [9.17, 15) is 4.79 Å². The largest absolute Gasteiger partial charge is 0.385 e. The third-order valence-electron chi connectivity index (χ3n) is 4.96. The van der Waals surface area contributed by atoms with Gasteiger partial charge in [0.05, 0.1) is 11.0 Å². The van der Waals surface area contributed by atoms with Gasteiger partial charge in [-0.1, -0.05) is 26.0 Å². The molecule has 0 aliphatic rings. The Kier molecular flexibility index (Phi) is 8.87. The molecule has 1 aromatic carbocycles. The molecule has 1 amide bonds. The van der Waals surface area contributed by atoms with Gasteiger partial charge in [-0.15, -0.1) is 11.8 Å². The number of imidazole rings is 1. The van der Waals surface area contributed by atoms with Crippen LogP contribution < -0.4 is 10.6 Å². The predicted octanol–water partition coefficient (Wildman–Crippen LogP) is 3.91. The molecule has 0 radical (unpaired) electrons. The van der Waals surface area contributed by atoms with Crippen LogP contribution in [0.2, 0.25) is 0 Å². The molecule has 2 N–H and O–H groups in total. The van der Waals surface area contributed by atoms with Crippen LogP contribution >= 0.6 is 11.8 Å². The van der Waals surface area contributed by atoms with Gasteiger partial charge in [0.2, 0.25) is 11.9 Å². The van der Waals surface area contributed by atoms with E-state index in [0.717, 1.165) is 28.9 Å². The van der Waals surface area contributed by atoms with Crippen LogP contribution in [0.25, 0.3) is 17.0 Å². The van der Waals surface area contributed by atoms with Crippen molar-refractivity contribution in [2.45, 2.75) is 44.2 Å². The van der Waals surface area contributed by atoms with E-state index in [4.69, 9.17) is 9.72 Å². The summed E-state index contributed by atoms with van der Waals surface area (Å²) in [6, 6.07) is 9.80. The first kappa shape index (κ1) is 24.0. The molecule has 1 unspecified atom stereocenters. The molecule has 0 saturated carbocycles. The number of anilines is 1. The molecule has 2 heterocycles. The molecule has 3 aromatic rings. The van der Waals surface area contributed by atoms with Crippen LogP contribution in [-0.2, 0) is 9.53 Å². The van der Waals surface area contributed by atoms with Crippen molar-refractivity contribution in [3.8, 4) is 5.95 Å². The van der Waals surface area contributed by atoms with Crippen molar-refractivity contribution in [3.05, 3.63) is 36.7 Å². The number of hydrogen-bond acceptors (Lipinski definition) is 7. The maximum atomic E-state index is 12.5. The van der Waals surface area contributed by atoms with Gasteiger partial charge in [0.25, 0.3) is 0 Å². The summed E-state index contributed by atoms with van der Waals surface area (Å²) in [7, 11) is 1.66. The van der Waals surface area contributed by atoms with E-state index in [1.807, 2.05) is 41.2 Å². The Hall–Kier alpha value is -2.65. The fourth-order valence-corrected chi connectivity index (χ4v) is 3.93. The summed E-state index contributed by atoms with van der Waals surface area (Å²) < 4.78 is 6.93. The average molecular weight is 457 g/mol. The smallest absolute Gasteiger partial charge is 0.238 e. The lowest BCUT2D eigenvalue weighted by molar-refractivity contribution is -0.121. The number of ether oxygens (including phenoxy) is 1. The molecular formula is C23H32N6O2S. The number of hydrogen-bond donors (Lipinski definition) is 2. The highest BCUT2D eigenvalue weighted by atomic mass is 32.2. The molecule has 0 aliphatic carbocycles. The summed E-state index contributed by atoms with van der Waals surface area (Å²) >= 11 is 1.55. The maximum Gasteiger partial charge on any atom is 0.238 e. The summed E-state index contributed by atoms with van der Waals surface area (Å²) in [6.45, 7) is 5.56. The number of fused-ring (bicyclic) bond motifs is 1. The molecule has 8 nitrogen and oxygen atoms in total. The second-order valence-corrected chi connectivity index (χ2v) is 8.90. The summed E-state index contributed by atoms with van der Waals surface area (Å²) in [4.78, 5) is 26.4. The maximum absolute atomic E-state index is 12.5. The molecule has 0 fully saturated rings. The van der Waals surface area contributed by atoms with E-state index < -0.39 is 0 Å². The second kappa shape index (κ2) is 11.8. The van der Waals surface area contributed by atoms with Gasteiger partial charge in [-0.05, 0) is 37.1 Å². The van der Waals surface area contributed by atoms with Crippen LogP contribution in [-0.4, -0.2) is 58.0 Å². The fraction of sp³-hybridized carbons (Fsp3) is 0.478. The molecule has 0 aliphatic heterocycles. The first-order valence-corrected chi connectivity index (χ1v) is 12.1. The van der Waals surface area contributed by atoms with Gasteiger partial charge in [-0.25, -0.2) is 9.97 Å². The number of carbonyl (C=O) groups excluding carboxylic acids is 1. The van der Waals surface area contributed by atoms with Crippen LogP contribution in [0.4, 0.5) is 5.82 Å². The Labute approximate surface area is 193 Å². The summed E-state index contributed by atoms with van der Waals surface area (Å²) in [5.74, 6) is 1.72. The van der Waals surface area contributed by atoms with Gasteiger partial charge in [0.1, 0.15) is 17.2 Å². The van der Waals surface area contributed by atoms with Crippen molar-refractivity contribution in [1.82, 2.24) is 24.8 Å². The van der Waals surface area contributed by atoms with Gasteiger partial charge in [-0.3, -0.25) is 9.36 Å². The minimum Gasteiger partial charge on any atom is -0.385 e. The molecule has 0 saturated heterocycles. The van der Waals surface area contributed by atoms with Crippen LogP contribution in [0.15, 0.2) is 41.7 Å². The first-order chi connectivity index (χ1) is 15.5. The van der Waals surface area contributed by atoms with Crippen LogP contribution in [0, 0.1) is 5.92 Å². The molecule has 0 spiro atoms. The highest BCUT2D eigenvalue weighted by Gasteiger charge is 2.18. The Morgan fingerprint density at radius 3 is 2.81 bits per heavy atom. The Morgan fingerprint density at radius 1 is 1.25 bits per heavy atom. The highest BCUT2D eigenvalue weighted by Crippen LogP contribution is 2.22. The topological polar surface area (TPSA) is 94.0 Å². The summed E-state index contributed by atoms with van der Waals surface area (Å²) in [5, 5.41) is 7.31. The normalized spacial score (nSPS) is 12.3. The van der Waals surface area contributed by atoms with Gasteiger partial charge < -0.3 is 15.4 Å². The van der Waals surface area contributed by atoms with Crippen LogP contribution in [0.5, 0.6) is 0 Å². The van der Waals surface area contributed by atoms with Crippen molar-refractivity contribution in [2.24, 2.45) is 5.92 Å². The molecule has 32 heavy (non-hydrogen) atoms. The van der Waals surface area contributed by atoms with E-state index >= 15 is 0 Å². The minimum atomic E-state index is -0.0330. The zero-order valence-corrected chi connectivity index (χ0v) is 20.0. The van der Waals surface area contributed by atoms with Crippen molar-refractivity contribution in [3.63, 3.8) is 0 Å². The lowest BCUT2D eigenvalue weighted by Gasteiger charge is -2.21. The molecule has 2 aromatic heterocycles. The third-order valence-corrected chi connectivity index (χ3v) is 5.58. The SMILES string of the molecule is COCCCNC(=O)CC(CC(C)C)Nc1cc(SC)nc(-n2cnc3ccccc32)n1. The van der Waals surface area contributed by atoms with Gasteiger partial charge >= 0.3 is 0 Å². The number of rotatable bonds is 12. The molecule has 0 bridgehead atoms. The van der Waals surface area contributed by atoms with Gasteiger partial charge in [0, 0.05) is 38.8 Å². The summed E-state index contributed by atoms with van der Waals surface area (Å²) in [5.41, 5.74) is 1.84. The van der Waals surface area contributed by atoms with E-state index in [1.165, 1.54) is 0 Å². The standard InChI is InChI=1S/C23H32N6O2S/c1-16(2)12-17(13-21(30)24-10-7-11-31-3)26-20-14-22(32-4)28-23(27-20)29-15-25-18-8-5-6-9-19(18)29/h5-6,8-9,14-17H,7,10-13H2,1-4H3,(H,24,30)(H,26,27,28). The van der Waals surface area contributed by atoms with Crippen LogP contribution in [0.1, 0.15) is 33.1 Å². The van der Waals surface area contributed by atoms with E-state index in [0.29, 0.717) is 37.3 Å². The van der Waals surface area contributed by atoms with E-state index in [2.05, 4.69) is 34.4 Å². The van der Waals surface area contributed by atoms with Crippen LogP contribution in [0.3, 0.4) is 0 Å². The number of benzene rings is 1. The zero-order chi connectivity index (χ0) is 22.9. The minimum absolute atomic E-state index is 0.0271. The number of amides is 1. The first-order valence-electron chi connectivity index (χ1n) is 10.9.